The number of thiophene rings is 2. The number of fused-ring (bicyclic) bond motifs is 12. The predicted octanol–water partition coefficient (Wildman–Crippen LogP) is 19.7. The zero-order valence-electron chi connectivity index (χ0n) is 53.9. The monoisotopic (exact) mass is 1220 g/mol. The minimum Gasteiger partial charge on any atom is -0.343 e. The quantitative estimate of drug-likeness (QED) is 0.0776. The Labute approximate surface area is 533 Å². The van der Waals surface area contributed by atoms with Crippen LogP contribution in [0.4, 0.5) is 0 Å². The minimum atomic E-state index is -1.94. The van der Waals surface area contributed by atoms with E-state index >= 15 is 0 Å². The molecule has 0 radical (unpaired) electrons. The fourth-order valence-corrected chi connectivity index (χ4v) is 35.7. The Bertz CT molecular complexity index is 3320. The topological polar surface area (TPSA) is 34.1 Å². The van der Waals surface area contributed by atoms with E-state index in [1.54, 1.807) is 23.5 Å². The Morgan fingerprint density at radius 2 is 0.759 bits per heavy atom. The molecule has 4 heterocycles. The van der Waals surface area contributed by atoms with Crippen molar-refractivity contribution < 1.29 is 28.4 Å². The molecule has 0 amide bonds. The summed E-state index contributed by atoms with van der Waals surface area (Å²) in [6, 6.07) is 33.8. The van der Waals surface area contributed by atoms with Crippen molar-refractivity contribution in [2.24, 2.45) is 0 Å². The zero-order chi connectivity index (χ0) is 60.3. The molecular formula is C73H93LiO2S4Si3. The predicted molar refractivity (Wildman–Crippen MR) is 376 cm³/mol. The molecule has 7 aromatic rings. The largest absolute Gasteiger partial charge is 1.00 e. The van der Waals surface area contributed by atoms with E-state index in [0.717, 1.165) is 27.3 Å². The summed E-state index contributed by atoms with van der Waals surface area (Å²) in [7, 11) is -5.35. The van der Waals surface area contributed by atoms with Crippen LogP contribution in [0.5, 0.6) is 0 Å². The Balaban J connectivity index is 0.000000233. The third-order valence-corrected chi connectivity index (χ3v) is 42.9. The maximum Gasteiger partial charge on any atom is 1.00 e. The van der Waals surface area contributed by atoms with Crippen molar-refractivity contribution in [3.8, 4) is 34.9 Å². The normalized spacial score (nSPS) is 17.4. The van der Waals surface area contributed by atoms with Crippen molar-refractivity contribution in [2.45, 2.75) is 226 Å². The van der Waals surface area contributed by atoms with Gasteiger partial charge in [0.15, 0.2) is 11.6 Å². The Kier molecular flexibility index (Phi) is 23.6. The average Bonchev–Trinajstić information content (AvgIpc) is 3.02. The number of hydrogen-bond acceptors (Lipinski definition) is 6. The number of benzene rings is 5. The van der Waals surface area contributed by atoms with Gasteiger partial charge in [0.05, 0.1) is 42.9 Å². The first kappa shape index (κ1) is 68.6. The third kappa shape index (κ3) is 12.7. The summed E-state index contributed by atoms with van der Waals surface area (Å²) in [6.07, 6.45) is 8.00. The van der Waals surface area contributed by atoms with Gasteiger partial charge in [0.2, 0.25) is 0 Å². The molecule has 2 aromatic heterocycles. The molecule has 0 N–H and O–H groups in total. The average molecular weight is 1220 g/mol. The van der Waals surface area contributed by atoms with Gasteiger partial charge < -0.3 is 6.92 Å². The maximum absolute atomic E-state index is 13.1. The molecule has 1 aliphatic carbocycles. The molecule has 10 rings (SSSR count). The van der Waals surface area contributed by atoms with E-state index < -0.39 is 24.2 Å². The summed E-state index contributed by atoms with van der Waals surface area (Å²) in [5.41, 5.74) is 21.6. The molecule has 0 saturated heterocycles. The van der Waals surface area contributed by atoms with Crippen LogP contribution in [0.25, 0.3) is 40.3 Å². The molecule has 1 fully saturated rings. The van der Waals surface area contributed by atoms with Crippen LogP contribution >= 0.6 is 46.2 Å². The second-order valence-corrected chi connectivity index (χ2v) is 47.2. The van der Waals surface area contributed by atoms with Gasteiger partial charge in [-0.25, -0.2) is 0 Å². The molecular weight excluding hydrogens is 1130 g/mol. The van der Waals surface area contributed by atoms with Gasteiger partial charge in [0.25, 0.3) is 0 Å². The van der Waals surface area contributed by atoms with Crippen LogP contribution in [-0.4, -0.2) is 46.3 Å². The van der Waals surface area contributed by atoms with Crippen molar-refractivity contribution in [1.82, 2.24) is 0 Å². The van der Waals surface area contributed by atoms with Crippen LogP contribution in [0.2, 0.25) is 49.9 Å². The number of Topliss-reactive ketones (excluding diaryl/α,β-unsaturated/α-hetero) is 2. The third-order valence-electron chi connectivity index (χ3n) is 19.0. The van der Waals surface area contributed by atoms with Crippen LogP contribution in [0, 0.1) is 41.8 Å². The molecule has 1 saturated carbocycles. The SMILES string of the molecule is C#C[Si](C(C)C)(C(C)C)C(C)C.CC(C)[Si](C#Cc1c2sc3ccccc3c2c(C#C[Si](C(C)C)(C(C)C)C(C)C)c2sc3ccccc3c12)(C(C)C)C(C)C.O=C1C2Sc3ccccc3C2C(=O)C2Sc3ccccc3C12.[CH2-]CCC.[Li+]. The van der Waals surface area contributed by atoms with Gasteiger partial charge in [-0.15, -0.1) is 69.3 Å². The summed E-state index contributed by atoms with van der Waals surface area (Å²) in [5.74, 6) is 7.95. The Morgan fingerprint density at radius 3 is 1.04 bits per heavy atom. The smallest absolute Gasteiger partial charge is 0.343 e. The van der Waals surface area contributed by atoms with Crippen LogP contribution in [0.3, 0.4) is 0 Å². The van der Waals surface area contributed by atoms with E-state index in [9.17, 15) is 9.59 Å². The van der Waals surface area contributed by atoms with Crippen molar-refractivity contribution >= 4 is 122 Å². The molecule has 4 atom stereocenters. The van der Waals surface area contributed by atoms with Gasteiger partial charge >= 0.3 is 18.9 Å². The zero-order valence-corrected chi connectivity index (χ0v) is 60.2. The summed E-state index contributed by atoms with van der Waals surface area (Å²) >= 11 is 6.99. The van der Waals surface area contributed by atoms with E-state index in [4.69, 9.17) is 6.42 Å². The van der Waals surface area contributed by atoms with Crippen LogP contribution in [0.15, 0.2) is 107 Å². The van der Waals surface area contributed by atoms with Gasteiger partial charge in [0, 0.05) is 40.7 Å². The van der Waals surface area contributed by atoms with Gasteiger partial charge in [-0.3, -0.25) is 9.59 Å². The number of unbranched alkanes of at least 4 members (excludes halogenated alkanes) is 1. The molecule has 10 heteroatoms. The molecule has 2 aliphatic heterocycles. The van der Waals surface area contributed by atoms with E-state index in [-0.39, 0.29) is 52.8 Å². The summed E-state index contributed by atoms with van der Waals surface area (Å²) < 4.78 is 5.31. The molecule has 2 nitrogen and oxygen atoms in total. The van der Waals surface area contributed by atoms with E-state index in [2.05, 4.69) is 215 Å². The molecule has 3 aliphatic rings. The number of carbonyl (C=O) groups is 2. The van der Waals surface area contributed by atoms with Gasteiger partial charge in [-0.05, 0) is 85.3 Å². The Hall–Kier alpha value is -3.49. The van der Waals surface area contributed by atoms with Crippen LogP contribution < -0.4 is 18.9 Å². The van der Waals surface area contributed by atoms with Gasteiger partial charge in [-0.1, -0.05) is 223 Å². The van der Waals surface area contributed by atoms with Crippen molar-refractivity contribution in [1.29, 1.82) is 0 Å². The number of rotatable bonds is 10. The number of ketones is 2. The summed E-state index contributed by atoms with van der Waals surface area (Å²) in [5, 5.41) is 4.82. The molecule has 83 heavy (non-hydrogen) atoms. The van der Waals surface area contributed by atoms with Crippen LogP contribution in [0.1, 0.15) is 178 Å². The molecule has 0 bridgehead atoms. The summed E-state index contributed by atoms with van der Waals surface area (Å²) in [4.78, 5) is 28.3. The second kappa shape index (κ2) is 28.6. The van der Waals surface area contributed by atoms with E-state index in [1.165, 1.54) is 57.9 Å². The van der Waals surface area contributed by atoms with E-state index in [1.807, 2.05) is 71.2 Å². The van der Waals surface area contributed by atoms with Gasteiger partial charge in [-0.2, -0.15) is 6.42 Å². The number of thioether (sulfide) groups is 2. The second-order valence-electron chi connectivity index (χ2n) is 26.0. The van der Waals surface area contributed by atoms with E-state index in [0.29, 0.717) is 49.9 Å². The number of carbonyl (C=O) groups excluding carboxylic acids is 2. The molecule has 5 aromatic carbocycles. The minimum absolute atomic E-state index is 0. The molecule has 0 spiro atoms. The fourth-order valence-electron chi connectivity index (χ4n) is 14.9. The molecule has 434 valence electrons. The maximum atomic E-state index is 13.1. The van der Waals surface area contributed by atoms with Crippen molar-refractivity contribution in [3.05, 3.63) is 126 Å². The summed E-state index contributed by atoms with van der Waals surface area (Å²) in [6.45, 7) is 48.4. The van der Waals surface area contributed by atoms with Crippen LogP contribution in [-0.2, 0) is 9.59 Å². The van der Waals surface area contributed by atoms with Gasteiger partial charge in [0.1, 0.15) is 24.2 Å². The first-order chi connectivity index (χ1) is 38.8. The first-order valence-corrected chi connectivity index (χ1v) is 40.6. The molecule has 4 unspecified atom stereocenters. The number of terminal acetylenes is 1. The Morgan fingerprint density at radius 1 is 0.470 bits per heavy atom. The van der Waals surface area contributed by atoms with Crippen molar-refractivity contribution in [2.75, 3.05) is 0 Å². The fraction of sp³-hybridized carbons (Fsp3) is 0.466. The first-order valence-electron chi connectivity index (χ1n) is 30.5. The van der Waals surface area contributed by atoms with Crippen molar-refractivity contribution in [3.63, 3.8) is 0 Å². The standard InChI is InChI=1S/C40H50S2Si2.C18H12O2S2.C11H22Si.C4H9.Li/c1-25(2)43(26(3)4,27(5)6)23-21-33-37-31-17-13-15-19-35(31)42-40(37)34(22-24-44(28(7)8,29(9)10)30(11)12)38-32-18-14-16-20-36(32)41-39(33)38;19-15-13-9-5-1-3-7-11(9)21-17(13)16(20)14-10-6-2-4-8-12(10)22-18(14)15;1-8-12(9(2)3,10(4)5)11(6)7;1-3-4-2;/h13-20,25-30H,1-12H3;1-8,13-14,17-18H;1,9-11H,2-7H3;1,3-4H2,2H3;/q;;;-1;+1. The number of hydrogen-bond donors (Lipinski definition) is 0.